The Morgan fingerprint density at radius 3 is 2.86 bits per heavy atom. The molecule has 0 spiro atoms. The number of nitro groups is 1. The number of nitrogens with two attached hydrogens (primary N) is 1. The molecule has 0 saturated heterocycles. The van der Waals surface area contributed by atoms with Crippen LogP contribution in [0.4, 0.5) is 11.4 Å². The van der Waals surface area contributed by atoms with E-state index in [2.05, 4.69) is 10.7 Å². The number of ether oxygens (including phenoxy) is 1. The lowest BCUT2D eigenvalue weighted by Crippen LogP contribution is -2.40. The number of nitro benzene ring substituents is 1. The zero-order valence-electron chi connectivity index (χ0n) is 11.7. The Kier molecular flexibility index (Phi) is 4.71. The normalized spacial score (nSPS) is 21.0. The number of rotatable bonds is 5. The van der Waals surface area contributed by atoms with Gasteiger partial charge in [0.15, 0.2) is 0 Å². The van der Waals surface area contributed by atoms with Crippen LogP contribution in [0.15, 0.2) is 18.2 Å². The van der Waals surface area contributed by atoms with Crippen molar-refractivity contribution in [2.75, 3.05) is 12.5 Å². The number of methoxy groups -OCH3 is 1. The first-order valence-corrected chi connectivity index (χ1v) is 6.65. The number of anilines is 1. The van der Waals surface area contributed by atoms with Crippen LogP contribution in [0, 0.1) is 10.1 Å². The maximum absolute atomic E-state index is 12.3. The zero-order chi connectivity index (χ0) is 15.4. The quantitative estimate of drug-likeness (QED) is 0.426. The first-order chi connectivity index (χ1) is 10.1. The summed E-state index contributed by atoms with van der Waals surface area (Å²) < 4.78 is 5.30. The van der Waals surface area contributed by atoms with Gasteiger partial charge in [-0.2, -0.15) is 0 Å². The molecular formula is C13H18N4O4. The molecule has 1 aromatic carbocycles. The molecule has 2 atom stereocenters. The number of benzene rings is 1. The second kappa shape index (κ2) is 6.51. The summed E-state index contributed by atoms with van der Waals surface area (Å²) in [7, 11) is 1.59. The van der Waals surface area contributed by atoms with Crippen LogP contribution in [0.3, 0.4) is 0 Å². The minimum Gasteiger partial charge on any atom is -0.379 e. The summed E-state index contributed by atoms with van der Waals surface area (Å²) in [6, 6.07) is 3.94. The van der Waals surface area contributed by atoms with E-state index in [4.69, 9.17) is 10.6 Å². The molecule has 0 bridgehead atoms. The number of carbonyl (C=O) groups excluding carboxylic acids is 1. The summed E-state index contributed by atoms with van der Waals surface area (Å²) in [5.41, 5.74) is 2.54. The van der Waals surface area contributed by atoms with Crippen LogP contribution >= 0.6 is 0 Å². The second-order valence-corrected chi connectivity index (χ2v) is 4.92. The number of hydrogen-bond acceptors (Lipinski definition) is 6. The highest BCUT2D eigenvalue weighted by molar-refractivity contribution is 5.99. The molecule has 1 amide bonds. The predicted octanol–water partition coefficient (Wildman–Crippen LogP) is 1.18. The average molecular weight is 294 g/mol. The van der Waals surface area contributed by atoms with Crippen LogP contribution in [0.25, 0.3) is 0 Å². The molecule has 8 nitrogen and oxygen atoms in total. The van der Waals surface area contributed by atoms with E-state index >= 15 is 0 Å². The minimum atomic E-state index is -0.586. The summed E-state index contributed by atoms with van der Waals surface area (Å²) in [6.45, 7) is 0. The minimum absolute atomic E-state index is 0.0165. The number of hydrogen-bond donors (Lipinski definition) is 3. The molecule has 0 aromatic heterocycles. The van der Waals surface area contributed by atoms with Crippen molar-refractivity contribution in [3.05, 3.63) is 33.9 Å². The highest BCUT2D eigenvalue weighted by Gasteiger charge is 2.30. The van der Waals surface area contributed by atoms with Crippen molar-refractivity contribution >= 4 is 17.3 Å². The molecule has 21 heavy (non-hydrogen) atoms. The summed E-state index contributed by atoms with van der Waals surface area (Å²) in [4.78, 5) is 22.8. The third-order valence-electron chi connectivity index (χ3n) is 3.68. The highest BCUT2D eigenvalue weighted by atomic mass is 16.6. The van der Waals surface area contributed by atoms with Crippen molar-refractivity contribution in [3.8, 4) is 0 Å². The van der Waals surface area contributed by atoms with Gasteiger partial charge in [0, 0.05) is 18.9 Å². The topological polar surface area (TPSA) is 120 Å². The van der Waals surface area contributed by atoms with E-state index in [-0.39, 0.29) is 23.4 Å². The average Bonchev–Trinajstić information content (AvgIpc) is 2.93. The van der Waals surface area contributed by atoms with Gasteiger partial charge in [-0.1, -0.05) is 0 Å². The number of carbonyl (C=O) groups is 1. The Morgan fingerprint density at radius 2 is 2.24 bits per heavy atom. The largest absolute Gasteiger partial charge is 0.379 e. The van der Waals surface area contributed by atoms with Gasteiger partial charge in [-0.15, -0.1) is 0 Å². The van der Waals surface area contributed by atoms with E-state index in [9.17, 15) is 14.9 Å². The standard InChI is InChI=1S/C13H18N4O4/c1-21-12-4-2-3-10(12)15-13(18)9-7-8(16-14)5-6-11(9)17(19)20/h5-7,10,12,16H,2-4,14H2,1H3,(H,15,18). The van der Waals surface area contributed by atoms with E-state index in [1.165, 1.54) is 18.2 Å². The van der Waals surface area contributed by atoms with Crippen LogP contribution in [0.5, 0.6) is 0 Å². The van der Waals surface area contributed by atoms with Gasteiger partial charge in [0.1, 0.15) is 5.56 Å². The van der Waals surface area contributed by atoms with Gasteiger partial charge in [-0.25, -0.2) is 0 Å². The smallest absolute Gasteiger partial charge is 0.282 e. The number of nitrogens with zero attached hydrogens (tertiary/aromatic N) is 1. The Balaban J connectivity index is 2.23. The summed E-state index contributed by atoms with van der Waals surface area (Å²) in [5, 5.41) is 13.8. The Bertz CT molecular complexity index is 549. The van der Waals surface area contributed by atoms with Gasteiger partial charge >= 0.3 is 0 Å². The lowest BCUT2D eigenvalue weighted by atomic mass is 10.1. The van der Waals surface area contributed by atoms with Crippen LogP contribution in [0.1, 0.15) is 29.6 Å². The maximum atomic E-state index is 12.3. The van der Waals surface area contributed by atoms with E-state index in [0.717, 1.165) is 19.3 Å². The van der Waals surface area contributed by atoms with Gasteiger partial charge in [-0.3, -0.25) is 20.8 Å². The Morgan fingerprint density at radius 1 is 1.48 bits per heavy atom. The first-order valence-electron chi connectivity index (χ1n) is 6.65. The summed E-state index contributed by atoms with van der Waals surface area (Å²) in [5.74, 6) is 4.79. The SMILES string of the molecule is COC1CCCC1NC(=O)c1cc(NN)ccc1[N+](=O)[O-]. The maximum Gasteiger partial charge on any atom is 0.282 e. The Labute approximate surface area is 121 Å². The summed E-state index contributed by atoms with van der Waals surface area (Å²) in [6.07, 6.45) is 2.57. The number of nitrogens with one attached hydrogen (secondary N) is 2. The van der Waals surface area contributed by atoms with Crippen LogP contribution in [-0.4, -0.2) is 30.1 Å². The fourth-order valence-corrected chi connectivity index (χ4v) is 2.59. The molecule has 2 unspecified atom stereocenters. The summed E-state index contributed by atoms with van der Waals surface area (Å²) >= 11 is 0. The zero-order valence-corrected chi connectivity index (χ0v) is 11.7. The molecule has 8 heteroatoms. The van der Waals surface area contributed by atoms with E-state index < -0.39 is 10.8 Å². The fourth-order valence-electron chi connectivity index (χ4n) is 2.59. The van der Waals surface area contributed by atoms with Gasteiger partial charge < -0.3 is 15.5 Å². The van der Waals surface area contributed by atoms with Gasteiger partial charge in [0.2, 0.25) is 0 Å². The molecule has 2 rings (SSSR count). The molecular weight excluding hydrogens is 276 g/mol. The molecule has 0 heterocycles. The van der Waals surface area contributed by atoms with Crippen LogP contribution in [0.2, 0.25) is 0 Å². The molecule has 4 N–H and O–H groups in total. The van der Waals surface area contributed by atoms with E-state index in [0.29, 0.717) is 5.69 Å². The predicted molar refractivity (Wildman–Crippen MR) is 76.8 cm³/mol. The molecule has 1 aromatic rings. The third-order valence-corrected chi connectivity index (χ3v) is 3.68. The van der Waals surface area contributed by atoms with Gasteiger partial charge in [-0.05, 0) is 31.4 Å². The monoisotopic (exact) mass is 294 g/mol. The van der Waals surface area contributed by atoms with Crippen LogP contribution < -0.4 is 16.6 Å². The second-order valence-electron chi connectivity index (χ2n) is 4.92. The van der Waals surface area contributed by atoms with Crippen LogP contribution in [-0.2, 0) is 4.74 Å². The molecule has 1 saturated carbocycles. The molecule has 1 aliphatic carbocycles. The lowest BCUT2D eigenvalue weighted by Gasteiger charge is -2.19. The van der Waals surface area contributed by atoms with Crippen molar-refractivity contribution < 1.29 is 14.5 Å². The van der Waals surface area contributed by atoms with Gasteiger partial charge in [0.25, 0.3) is 11.6 Å². The lowest BCUT2D eigenvalue weighted by molar-refractivity contribution is -0.385. The molecule has 114 valence electrons. The van der Waals surface area contributed by atoms with E-state index in [1.807, 2.05) is 0 Å². The van der Waals surface area contributed by atoms with Crippen molar-refractivity contribution in [1.82, 2.24) is 5.32 Å². The molecule has 1 fully saturated rings. The highest BCUT2D eigenvalue weighted by Crippen LogP contribution is 2.25. The van der Waals surface area contributed by atoms with Crippen molar-refractivity contribution in [3.63, 3.8) is 0 Å². The van der Waals surface area contributed by atoms with Crippen molar-refractivity contribution in [2.45, 2.75) is 31.4 Å². The van der Waals surface area contributed by atoms with Gasteiger partial charge in [0.05, 0.1) is 17.1 Å². The number of nitrogen functional groups attached to an aromatic ring is 1. The first kappa shape index (κ1) is 15.2. The fraction of sp³-hybridized carbons (Fsp3) is 0.462. The number of hydrazine groups is 1. The number of amides is 1. The Hall–Kier alpha value is -2.19. The molecule has 0 aliphatic heterocycles. The van der Waals surface area contributed by atoms with E-state index in [1.54, 1.807) is 7.11 Å². The third kappa shape index (κ3) is 3.29. The molecule has 1 aliphatic rings. The molecule has 0 radical (unpaired) electrons. The van der Waals surface area contributed by atoms with Crippen molar-refractivity contribution in [2.24, 2.45) is 5.84 Å². The van der Waals surface area contributed by atoms with Crippen molar-refractivity contribution in [1.29, 1.82) is 0 Å².